The topological polar surface area (TPSA) is 89.9 Å². The Kier molecular flexibility index (Phi) is 11.2. The van der Waals surface area contributed by atoms with Gasteiger partial charge in [0.1, 0.15) is 17.2 Å². The van der Waals surface area contributed by atoms with E-state index in [2.05, 4.69) is 24.3 Å². The maximum Gasteiger partial charge on any atom is 0.159 e. The number of benzene rings is 3. The van der Waals surface area contributed by atoms with E-state index >= 15 is 0 Å². The van der Waals surface area contributed by atoms with E-state index in [0.29, 0.717) is 29.3 Å². The van der Waals surface area contributed by atoms with Crippen LogP contribution in [0.3, 0.4) is 0 Å². The van der Waals surface area contributed by atoms with Crippen molar-refractivity contribution in [3.8, 4) is 17.2 Å². The highest BCUT2D eigenvalue weighted by Crippen LogP contribution is 2.46. The molecule has 0 aromatic heterocycles. The Morgan fingerprint density at radius 2 is 0.792 bits per heavy atom. The molecule has 2 fully saturated rings. The monoisotopic (exact) mass is 710 g/mol. The van der Waals surface area contributed by atoms with Crippen molar-refractivity contribution in [1.29, 1.82) is 0 Å². The molecule has 6 atom stereocenters. The molecule has 9 rings (SSSR count). The van der Waals surface area contributed by atoms with Crippen molar-refractivity contribution in [3.05, 3.63) is 120 Å². The number of ether oxygens (including phenoxy) is 2. The largest absolute Gasteiger partial charge is 0.508 e. The number of allylic oxidation sites excluding steroid dienone is 8. The first-order valence-electron chi connectivity index (χ1n) is 19.3. The van der Waals surface area contributed by atoms with Crippen LogP contribution in [0.2, 0.25) is 0 Å². The maximum atomic E-state index is 12.0. The van der Waals surface area contributed by atoms with Gasteiger partial charge in [0.15, 0.2) is 17.3 Å². The lowest BCUT2D eigenvalue weighted by molar-refractivity contribution is -0.119. The van der Waals surface area contributed by atoms with Gasteiger partial charge in [-0.3, -0.25) is 14.4 Å². The molecule has 0 radical (unpaired) electrons. The number of methoxy groups -OCH3 is 2. The van der Waals surface area contributed by atoms with Crippen molar-refractivity contribution in [3.63, 3.8) is 0 Å². The number of aromatic hydroxyl groups is 1. The van der Waals surface area contributed by atoms with Gasteiger partial charge < -0.3 is 14.6 Å². The van der Waals surface area contributed by atoms with E-state index in [0.717, 1.165) is 61.2 Å². The van der Waals surface area contributed by atoms with Crippen LogP contribution in [-0.2, 0) is 14.4 Å². The zero-order valence-corrected chi connectivity index (χ0v) is 30.8. The fourth-order valence-corrected chi connectivity index (χ4v) is 9.37. The summed E-state index contributed by atoms with van der Waals surface area (Å²) in [6.07, 6.45) is 21.0. The van der Waals surface area contributed by atoms with Gasteiger partial charge in [0.2, 0.25) is 0 Å². The summed E-state index contributed by atoms with van der Waals surface area (Å²) in [6.45, 7) is 0. The maximum absolute atomic E-state index is 12.0. The van der Waals surface area contributed by atoms with Crippen molar-refractivity contribution in [2.75, 3.05) is 14.2 Å². The average molecular weight is 711 g/mol. The summed E-state index contributed by atoms with van der Waals surface area (Å²) < 4.78 is 10.3. The molecule has 6 unspecified atom stereocenters. The minimum atomic E-state index is 0.173. The summed E-state index contributed by atoms with van der Waals surface area (Å²) in [5.41, 5.74) is 7.03. The van der Waals surface area contributed by atoms with Crippen molar-refractivity contribution in [2.45, 2.75) is 64.2 Å². The average Bonchev–Trinajstić information content (AvgIpc) is 3.86. The lowest BCUT2D eigenvalue weighted by Crippen LogP contribution is -2.21. The lowest BCUT2D eigenvalue weighted by atomic mass is 9.77. The predicted molar refractivity (Wildman–Crippen MR) is 209 cm³/mol. The fourth-order valence-electron chi connectivity index (χ4n) is 9.37. The molecule has 0 heterocycles. The number of rotatable bonds is 5. The molecule has 6 heteroatoms. The number of hydrogen-bond donors (Lipinski definition) is 1. The van der Waals surface area contributed by atoms with Crippen LogP contribution in [-0.4, -0.2) is 36.7 Å². The molecule has 53 heavy (non-hydrogen) atoms. The molecular weight excluding hydrogens is 661 g/mol. The second-order valence-electron chi connectivity index (χ2n) is 15.2. The highest BCUT2D eigenvalue weighted by molar-refractivity contribution is 6.06. The molecule has 6 aliphatic carbocycles. The summed E-state index contributed by atoms with van der Waals surface area (Å²) in [5.74, 6) is 4.83. The Balaban J connectivity index is 0.000000123. The summed E-state index contributed by atoms with van der Waals surface area (Å²) in [6, 6.07) is 23.2. The first-order chi connectivity index (χ1) is 25.8. The minimum absolute atomic E-state index is 0.173. The molecule has 0 aliphatic heterocycles. The molecule has 6 aliphatic rings. The zero-order chi connectivity index (χ0) is 36.9. The van der Waals surface area contributed by atoms with E-state index in [1.54, 1.807) is 26.4 Å². The SMILES string of the molecule is COc1ccc(C2=CC(=O)C3CC=CCC23)cc1.COc1ccc(C2=CC(=O)C3CCCCC23)cc1.O=C1C=C(c2ccc(O)cc2)C2CCCCC12. The van der Waals surface area contributed by atoms with Crippen molar-refractivity contribution < 1.29 is 29.0 Å². The van der Waals surface area contributed by atoms with Crippen LogP contribution >= 0.6 is 0 Å². The van der Waals surface area contributed by atoms with Gasteiger partial charge in [-0.1, -0.05) is 74.2 Å². The molecule has 3 aromatic rings. The molecule has 3 aromatic carbocycles. The van der Waals surface area contributed by atoms with E-state index in [-0.39, 0.29) is 29.3 Å². The van der Waals surface area contributed by atoms with Gasteiger partial charge in [0.25, 0.3) is 0 Å². The molecule has 2 saturated carbocycles. The number of phenolic OH excluding ortho intramolecular Hbond substituents is 1. The number of hydrogen-bond acceptors (Lipinski definition) is 6. The summed E-state index contributed by atoms with van der Waals surface area (Å²) >= 11 is 0. The number of fused-ring (bicyclic) bond motifs is 3. The van der Waals surface area contributed by atoms with Gasteiger partial charge in [-0.25, -0.2) is 0 Å². The predicted octanol–water partition coefficient (Wildman–Crippen LogP) is 9.88. The van der Waals surface area contributed by atoms with Crippen LogP contribution in [0.25, 0.3) is 16.7 Å². The summed E-state index contributed by atoms with van der Waals surface area (Å²) in [4.78, 5) is 35.9. The Bertz CT molecular complexity index is 1930. The van der Waals surface area contributed by atoms with Crippen LogP contribution in [0.1, 0.15) is 80.9 Å². The summed E-state index contributed by atoms with van der Waals surface area (Å²) in [5, 5.41) is 9.30. The van der Waals surface area contributed by atoms with E-state index in [1.807, 2.05) is 66.8 Å². The normalized spacial score (nSPS) is 26.8. The van der Waals surface area contributed by atoms with Gasteiger partial charge in [-0.05, 0) is 144 Å². The fraction of sp³-hybridized carbons (Fsp3) is 0.383. The van der Waals surface area contributed by atoms with Gasteiger partial charge in [0, 0.05) is 17.8 Å². The second-order valence-corrected chi connectivity index (χ2v) is 15.2. The Labute approximate surface area is 313 Å². The van der Waals surface area contributed by atoms with Crippen molar-refractivity contribution in [2.24, 2.45) is 35.5 Å². The first kappa shape index (κ1) is 36.4. The Hall–Kier alpha value is -4.97. The third-order valence-corrected chi connectivity index (χ3v) is 12.2. The third kappa shape index (κ3) is 7.88. The van der Waals surface area contributed by atoms with Crippen LogP contribution in [0, 0.1) is 35.5 Å². The molecule has 0 bridgehead atoms. The number of phenols is 1. The van der Waals surface area contributed by atoms with E-state index < -0.39 is 0 Å². The summed E-state index contributed by atoms with van der Waals surface area (Å²) in [7, 11) is 3.33. The van der Waals surface area contributed by atoms with E-state index in [4.69, 9.17) is 9.47 Å². The smallest absolute Gasteiger partial charge is 0.159 e. The quantitative estimate of drug-likeness (QED) is 0.265. The number of ketones is 3. The molecule has 1 N–H and O–H groups in total. The van der Waals surface area contributed by atoms with Crippen LogP contribution < -0.4 is 9.47 Å². The second kappa shape index (κ2) is 16.4. The highest BCUT2D eigenvalue weighted by atomic mass is 16.5. The first-order valence-corrected chi connectivity index (χ1v) is 19.3. The highest BCUT2D eigenvalue weighted by Gasteiger charge is 2.39. The Morgan fingerprint density at radius 1 is 0.453 bits per heavy atom. The van der Waals surface area contributed by atoms with Crippen LogP contribution in [0.5, 0.6) is 17.2 Å². The molecule has 0 saturated heterocycles. The van der Waals surface area contributed by atoms with Gasteiger partial charge in [0.05, 0.1) is 14.2 Å². The Morgan fingerprint density at radius 3 is 1.21 bits per heavy atom. The number of carbonyl (C=O) groups is 3. The van der Waals surface area contributed by atoms with Gasteiger partial charge >= 0.3 is 0 Å². The van der Waals surface area contributed by atoms with Crippen molar-refractivity contribution >= 4 is 34.1 Å². The standard InChI is InChI=1S/C16H18O2.C16H16O2.C15H16O2/c2*1-18-12-8-6-11(7-9-12)15-10-16(17)14-5-3-2-4-13(14)15;16-11-7-5-10(6-8-11)14-9-15(17)13-4-2-1-3-12(13)14/h6-10,13-14H,2-5H2,1H3;2-3,6-10,13-14H,4-5H2,1H3;5-9,12-13,16H,1-4H2. The van der Waals surface area contributed by atoms with Gasteiger partial charge in [-0.2, -0.15) is 0 Å². The molecular formula is C47H50O6. The third-order valence-electron chi connectivity index (χ3n) is 12.2. The molecule has 0 spiro atoms. The molecule has 274 valence electrons. The van der Waals surface area contributed by atoms with E-state index in [1.165, 1.54) is 48.0 Å². The van der Waals surface area contributed by atoms with Gasteiger partial charge in [-0.15, -0.1) is 0 Å². The minimum Gasteiger partial charge on any atom is -0.508 e. The zero-order valence-electron chi connectivity index (χ0n) is 30.8. The van der Waals surface area contributed by atoms with Crippen molar-refractivity contribution in [1.82, 2.24) is 0 Å². The molecule has 0 amide bonds. The van der Waals surface area contributed by atoms with E-state index in [9.17, 15) is 19.5 Å². The number of carbonyl (C=O) groups excluding carboxylic acids is 3. The molecule has 6 nitrogen and oxygen atoms in total. The van der Waals surface area contributed by atoms with Crippen LogP contribution in [0.4, 0.5) is 0 Å². The lowest BCUT2D eigenvalue weighted by Gasteiger charge is -2.26. The van der Waals surface area contributed by atoms with Crippen LogP contribution in [0.15, 0.2) is 103 Å².